The van der Waals surface area contributed by atoms with Crippen LogP contribution in [0.2, 0.25) is 0 Å². The van der Waals surface area contributed by atoms with Crippen molar-refractivity contribution in [2.24, 2.45) is 0 Å². The Labute approximate surface area is 335 Å². The topological polar surface area (TPSA) is 51.6 Å². The van der Waals surface area contributed by atoms with Gasteiger partial charge in [0.1, 0.15) is 0 Å². The highest BCUT2D eigenvalue weighted by Gasteiger charge is 2.16. The van der Waals surface area contributed by atoms with E-state index >= 15 is 0 Å². The van der Waals surface area contributed by atoms with Crippen LogP contribution in [0.15, 0.2) is 206 Å². The lowest BCUT2D eigenvalue weighted by molar-refractivity contribution is 1.08. The monoisotopic (exact) mass is 738 g/mol. The molecule has 2 aromatic heterocycles. The predicted molar refractivity (Wildman–Crippen MR) is 240 cm³/mol. The second-order valence-electron chi connectivity index (χ2n) is 14.7. The Hall–Kier alpha value is -7.82. The molecule has 0 aliphatic rings. The van der Waals surface area contributed by atoms with Gasteiger partial charge in [0.2, 0.25) is 0 Å². The molecule has 0 saturated carbocycles. The summed E-state index contributed by atoms with van der Waals surface area (Å²) in [5.41, 5.74) is 10.5. The van der Waals surface area contributed by atoms with Gasteiger partial charge in [-0.05, 0) is 62.0 Å². The Bertz CT molecular complexity index is 3220. The summed E-state index contributed by atoms with van der Waals surface area (Å²) in [4.78, 5) is 20.3. The Morgan fingerprint density at radius 3 is 1.34 bits per heavy atom. The fraction of sp³-hybridized carbons (Fsp3) is 0. The quantitative estimate of drug-likeness (QED) is 0.159. The molecule has 11 aromatic rings. The molecule has 0 aliphatic carbocycles. The smallest absolute Gasteiger partial charge is 0.164 e. The summed E-state index contributed by atoms with van der Waals surface area (Å²) in [7, 11) is 0. The maximum atomic E-state index is 5.14. The molecule has 0 saturated heterocycles. The molecule has 0 bridgehead atoms. The van der Waals surface area contributed by atoms with Crippen LogP contribution in [0.25, 0.3) is 111 Å². The minimum atomic E-state index is 0.635. The summed E-state index contributed by atoms with van der Waals surface area (Å²) in [5.74, 6) is 1.92. The zero-order valence-electron chi connectivity index (χ0n) is 31.4. The van der Waals surface area contributed by atoms with E-state index in [9.17, 15) is 0 Å². The van der Waals surface area contributed by atoms with E-state index in [0.29, 0.717) is 17.5 Å². The van der Waals surface area contributed by atoms with Crippen molar-refractivity contribution in [2.75, 3.05) is 0 Å². The first-order valence-corrected chi connectivity index (χ1v) is 19.5. The van der Waals surface area contributed by atoms with Gasteiger partial charge in [0, 0.05) is 38.4 Å². The maximum absolute atomic E-state index is 5.14. The molecule has 4 heteroatoms. The van der Waals surface area contributed by atoms with E-state index in [1.807, 2.05) is 6.07 Å². The van der Waals surface area contributed by atoms with E-state index in [-0.39, 0.29) is 0 Å². The molecule has 9 aromatic carbocycles. The largest absolute Gasteiger partial charge is 0.247 e. The minimum absolute atomic E-state index is 0.635. The zero-order valence-corrected chi connectivity index (χ0v) is 31.4. The third kappa shape index (κ3) is 6.05. The fourth-order valence-corrected chi connectivity index (χ4v) is 8.13. The van der Waals surface area contributed by atoms with Crippen LogP contribution in [-0.2, 0) is 0 Å². The molecule has 0 unspecified atom stereocenters. The van der Waals surface area contributed by atoms with Gasteiger partial charge in [-0.2, -0.15) is 0 Å². The molecule has 0 radical (unpaired) electrons. The number of rotatable bonds is 6. The lowest BCUT2D eigenvalue weighted by atomic mass is 9.92. The summed E-state index contributed by atoms with van der Waals surface area (Å²) < 4.78 is 0. The van der Waals surface area contributed by atoms with Crippen LogP contribution in [0.5, 0.6) is 0 Å². The number of pyridine rings is 1. The first-order valence-electron chi connectivity index (χ1n) is 19.5. The van der Waals surface area contributed by atoms with Crippen LogP contribution in [0.4, 0.5) is 0 Å². The SMILES string of the molecule is c1ccc(-c2nc3ccccc3c3c(-c4ccc(-c5ccc(-c6nc(-c7ccc8ccccc8c7)nc(-c7ccc8ccccc8c7)n6)cc5)cc4)cccc23)cc1. The van der Waals surface area contributed by atoms with Crippen LogP contribution >= 0.6 is 0 Å². The zero-order chi connectivity index (χ0) is 38.4. The molecule has 4 nitrogen and oxygen atoms in total. The number of nitrogens with zero attached hydrogens (tertiary/aromatic N) is 4. The van der Waals surface area contributed by atoms with E-state index in [0.717, 1.165) is 71.7 Å². The van der Waals surface area contributed by atoms with Crippen molar-refractivity contribution < 1.29 is 0 Å². The van der Waals surface area contributed by atoms with Crippen molar-refractivity contribution in [3.8, 4) is 67.7 Å². The Balaban J connectivity index is 0.963. The number of fused-ring (bicyclic) bond motifs is 5. The van der Waals surface area contributed by atoms with Gasteiger partial charge in [0.05, 0.1) is 11.2 Å². The molecule has 2 heterocycles. The van der Waals surface area contributed by atoms with Gasteiger partial charge < -0.3 is 0 Å². The molecule has 0 atom stereocenters. The highest BCUT2D eigenvalue weighted by Crippen LogP contribution is 2.39. The number of aromatic nitrogens is 4. The van der Waals surface area contributed by atoms with E-state index in [1.54, 1.807) is 0 Å². The molecule has 270 valence electrons. The summed E-state index contributed by atoms with van der Waals surface area (Å²) in [5, 5.41) is 8.16. The molecule has 58 heavy (non-hydrogen) atoms. The molecule has 0 fully saturated rings. The molecule has 11 rings (SSSR count). The summed E-state index contributed by atoms with van der Waals surface area (Å²) in [6, 6.07) is 72.4. The fourth-order valence-electron chi connectivity index (χ4n) is 8.13. The van der Waals surface area contributed by atoms with E-state index in [1.165, 1.54) is 21.7 Å². The second kappa shape index (κ2) is 14.0. The highest BCUT2D eigenvalue weighted by molar-refractivity contribution is 6.17. The molecule has 0 amide bonds. The summed E-state index contributed by atoms with van der Waals surface area (Å²) in [6.45, 7) is 0. The lowest BCUT2D eigenvalue weighted by Crippen LogP contribution is -2.00. The van der Waals surface area contributed by atoms with Crippen molar-refractivity contribution in [3.63, 3.8) is 0 Å². The average molecular weight is 739 g/mol. The number of benzene rings is 9. The van der Waals surface area contributed by atoms with Crippen molar-refractivity contribution in [1.29, 1.82) is 0 Å². The van der Waals surface area contributed by atoms with Gasteiger partial charge in [0.15, 0.2) is 17.5 Å². The Morgan fingerprint density at radius 1 is 0.259 bits per heavy atom. The first-order chi connectivity index (χ1) is 28.7. The lowest BCUT2D eigenvalue weighted by Gasteiger charge is -2.14. The van der Waals surface area contributed by atoms with Crippen molar-refractivity contribution in [2.45, 2.75) is 0 Å². The number of hydrogen-bond acceptors (Lipinski definition) is 4. The summed E-state index contributed by atoms with van der Waals surface area (Å²) >= 11 is 0. The van der Waals surface area contributed by atoms with E-state index in [2.05, 4.69) is 200 Å². The number of para-hydroxylation sites is 1. The molecular formula is C54H34N4. The van der Waals surface area contributed by atoms with Crippen molar-refractivity contribution in [1.82, 2.24) is 19.9 Å². The minimum Gasteiger partial charge on any atom is -0.247 e. The second-order valence-corrected chi connectivity index (χ2v) is 14.7. The maximum Gasteiger partial charge on any atom is 0.164 e. The third-order valence-corrected chi connectivity index (χ3v) is 11.1. The van der Waals surface area contributed by atoms with E-state index in [4.69, 9.17) is 19.9 Å². The molecule has 0 spiro atoms. The highest BCUT2D eigenvalue weighted by atomic mass is 15.0. The Morgan fingerprint density at radius 2 is 0.724 bits per heavy atom. The standard InChI is InChI=1S/C54H34N4/c1-2-13-40(14-3-1)51-48-19-10-18-46(50(48)47-17-8-9-20-49(47)55-51)39-27-21-37(22-28-39)38-23-29-41(30-24-38)52-56-53(44-31-25-35-11-4-6-15-42(35)33-44)58-54(57-52)45-32-26-36-12-5-7-16-43(36)34-45/h1-34H. The van der Waals surface area contributed by atoms with Crippen LogP contribution in [0, 0.1) is 0 Å². The van der Waals surface area contributed by atoms with Crippen LogP contribution < -0.4 is 0 Å². The van der Waals surface area contributed by atoms with E-state index < -0.39 is 0 Å². The predicted octanol–water partition coefficient (Wildman–Crippen LogP) is 13.9. The van der Waals surface area contributed by atoms with Gasteiger partial charge in [-0.1, -0.05) is 188 Å². The van der Waals surface area contributed by atoms with Crippen LogP contribution in [0.1, 0.15) is 0 Å². The number of hydrogen-bond donors (Lipinski definition) is 0. The molecule has 0 aliphatic heterocycles. The van der Waals surface area contributed by atoms with Crippen LogP contribution in [-0.4, -0.2) is 19.9 Å². The van der Waals surface area contributed by atoms with Crippen molar-refractivity contribution in [3.05, 3.63) is 206 Å². The van der Waals surface area contributed by atoms with Crippen molar-refractivity contribution >= 4 is 43.2 Å². The molecule has 0 N–H and O–H groups in total. The summed E-state index contributed by atoms with van der Waals surface area (Å²) in [6.07, 6.45) is 0. The van der Waals surface area contributed by atoms with Gasteiger partial charge in [0.25, 0.3) is 0 Å². The van der Waals surface area contributed by atoms with Gasteiger partial charge >= 0.3 is 0 Å². The van der Waals surface area contributed by atoms with Gasteiger partial charge in [-0.25, -0.2) is 19.9 Å². The normalized spacial score (nSPS) is 11.4. The Kier molecular flexibility index (Phi) is 8.11. The van der Waals surface area contributed by atoms with Gasteiger partial charge in [-0.3, -0.25) is 0 Å². The average Bonchev–Trinajstić information content (AvgIpc) is 3.31. The van der Waals surface area contributed by atoms with Crippen LogP contribution in [0.3, 0.4) is 0 Å². The molecular weight excluding hydrogens is 705 g/mol. The third-order valence-electron chi connectivity index (χ3n) is 11.1. The van der Waals surface area contributed by atoms with Gasteiger partial charge in [-0.15, -0.1) is 0 Å². The first kappa shape index (κ1) is 33.5.